The van der Waals surface area contributed by atoms with Crippen molar-refractivity contribution in [3.05, 3.63) is 23.3 Å². The lowest BCUT2D eigenvalue weighted by Gasteiger charge is -2.16. The van der Waals surface area contributed by atoms with Gasteiger partial charge < -0.3 is 19.9 Å². The summed E-state index contributed by atoms with van der Waals surface area (Å²) in [6.45, 7) is 0.947. The third kappa shape index (κ3) is 2.26. The van der Waals surface area contributed by atoms with Crippen molar-refractivity contribution >= 4 is 5.97 Å². The summed E-state index contributed by atoms with van der Waals surface area (Å²) in [6.07, 6.45) is 2.07. The first-order chi connectivity index (χ1) is 8.67. The molecule has 0 bridgehead atoms. The first kappa shape index (κ1) is 12.7. The van der Waals surface area contributed by atoms with Crippen molar-refractivity contribution in [3.8, 4) is 11.5 Å². The van der Waals surface area contributed by atoms with E-state index in [1.807, 2.05) is 0 Å². The smallest absolute Gasteiger partial charge is 0.341 e. The molecule has 98 valence electrons. The van der Waals surface area contributed by atoms with Gasteiger partial charge in [0.25, 0.3) is 0 Å². The molecule has 0 aromatic heterocycles. The van der Waals surface area contributed by atoms with Gasteiger partial charge in [-0.3, -0.25) is 0 Å². The maximum Gasteiger partial charge on any atom is 0.341 e. The van der Waals surface area contributed by atoms with Crippen molar-refractivity contribution in [3.63, 3.8) is 0 Å². The molecule has 18 heavy (non-hydrogen) atoms. The Bertz CT molecular complexity index is 453. The number of aromatic hydroxyl groups is 1. The van der Waals surface area contributed by atoms with Crippen LogP contribution in [0.1, 0.15) is 34.8 Å². The summed E-state index contributed by atoms with van der Waals surface area (Å²) in [6, 6.07) is 3.26. The van der Waals surface area contributed by atoms with Gasteiger partial charge in [0.05, 0.1) is 14.2 Å². The zero-order chi connectivity index (χ0) is 13.1. The van der Waals surface area contributed by atoms with Gasteiger partial charge in [0.2, 0.25) is 0 Å². The van der Waals surface area contributed by atoms with Crippen LogP contribution < -0.4 is 10.1 Å². The number of methoxy groups -OCH3 is 2. The topological polar surface area (TPSA) is 67.8 Å². The number of hydrogen-bond acceptors (Lipinski definition) is 5. The summed E-state index contributed by atoms with van der Waals surface area (Å²) >= 11 is 0. The monoisotopic (exact) mass is 251 g/mol. The van der Waals surface area contributed by atoms with Gasteiger partial charge in [-0.25, -0.2) is 4.79 Å². The van der Waals surface area contributed by atoms with Crippen LogP contribution >= 0.6 is 0 Å². The minimum atomic E-state index is -0.547. The van der Waals surface area contributed by atoms with Gasteiger partial charge in [0.1, 0.15) is 17.1 Å². The summed E-state index contributed by atoms with van der Waals surface area (Å²) < 4.78 is 9.90. The van der Waals surface area contributed by atoms with Crippen LogP contribution in [-0.2, 0) is 4.74 Å². The van der Waals surface area contributed by atoms with E-state index < -0.39 is 5.97 Å². The second-order valence-electron chi connectivity index (χ2n) is 4.25. The van der Waals surface area contributed by atoms with E-state index in [-0.39, 0.29) is 17.4 Å². The lowest BCUT2D eigenvalue weighted by Crippen LogP contribution is -2.15. The predicted octanol–water partition coefficient (Wildman–Crippen LogP) is 1.61. The average Bonchev–Trinajstić information content (AvgIpc) is 2.91. The molecular formula is C13H17NO4. The highest BCUT2D eigenvalue weighted by Gasteiger charge is 2.23. The Kier molecular flexibility index (Phi) is 3.72. The van der Waals surface area contributed by atoms with Gasteiger partial charge in [0.15, 0.2) is 0 Å². The Balaban J connectivity index is 2.45. The highest BCUT2D eigenvalue weighted by molar-refractivity contribution is 5.93. The van der Waals surface area contributed by atoms with Crippen molar-refractivity contribution in [2.45, 2.75) is 18.9 Å². The van der Waals surface area contributed by atoms with E-state index in [0.717, 1.165) is 24.9 Å². The largest absolute Gasteiger partial charge is 0.507 e. The zero-order valence-electron chi connectivity index (χ0n) is 10.5. The maximum atomic E-state index is 11.6. The minimum absolute atomic E-state index is 0.125. The summed E-state index contributed by atoms with van der Waals surface area (Å²) in [7, 11) is 2.84. The molecule has 2 rings (SSSR count). The molecule has 0 radical (unpaired) electrons. The van der Waals surface area contributed by atoms with Gasteiger partial charge in [-0.2, -0.15) is 0 Å². The van der Waals surface area contributed by atoms with Gasteiger partial charge in [-0.1, -0.05) is 0 Å². The van der Waals surface area contributed by atoms with Gasteiger partial charge >= 0.3 is 5.97 Å². The molecule has 0 amide bonds. The molecule has 1 atom stereocenters. The van der Waals surface area contributed by atoms with Crippen molar-refractivity contribution in [2.75, 3.05) is 20.8 Å². The molecule has 1 fully saturated rings. The fraction of sp³-hybridized carbons (Fsp3) is 0.462. The Labute approximate surface area is 106 Å². The van der Waals surface area contributed by atoms with Crippen LogP contribution in [0.3, 0.4) is 0 Å². The van der Waals surface area contributed by atoms with Crippen LogP contribution in [-0.4, -0.2) is 31.8 Å². The average molecular weight is 251 g/mol. The number of carbonyl (C=O) groups excluding carboxylic acids is 1. The Morgan fingerprint density at radius 3 is 2.78 bits per heavy atom. The maximum absolute atomic E-state index is 11.6. The Morgan fingerprint density at radius 1 is 1.44 bits per heavy atom. The van der Waals surface area contributed by atoms with Crippen LogP contribution in [0.5, 0.6) is 11.5 Å². The van der Waals surface area contributed by atoms with Crippen LogP contribution in [0.25, 0.3) is 0 Å². The van der Waals surface area contributed by atoms with Crippen LogP contribution in [0.2, 0.25) is 0 Å². The van der Waals surface area contributed by atoms with Crippen LogP contribution in [0.4, 0.5) is 0 Å². The predicted molar refractivity (Wildman–Crippen MR) is 66.0 cm³/mol. The highest BCUT2D eigenvalue weighted by atomic mass is 16.5. The summed E-state index contributed by atoms with van der Waals surface area (Å²) in [5.74, 6) is -0.0885. The Morgan fingerprint density at radius 2 is 2.22 bits per heavy atom. The minimum Gasteiger partial charge on any atom is -0.507 e. The number of carbonyl (C=O) groups is 1. The van der Waals surface area contributed by atoms with Crippen molar-refractivity contribution in [2.24, 2.45) is 0 Å². The number of ether oxygens (including phenoxy) is 2. The molecule has 0 saturated carbocycles. The Hall–Kier alpha value is -1.75. The quantitative estimate of drug-likeness (QED) is 0.799. The van der Waals surface area contributed by atoms with E-state index in [2.05, 4.69) is 10.1 Å². The zero-order valence-corrected chi connectivity index (χ0v) is 10.5. The number of nitrogens with one attached hydrogen (secondary N) is 1. The second-order valence-corrected chi connectivity index (χ2v) is 4.25. The van der Waals surface area contributed by atoms with Crippen molar-refractivity contribution < 1.29 is 19.4 Å². The molecule has 1 heterocycles. The molecule has 2 N–H and O–H groups in total. The summed E-state index contributed by atoms with van der Waals surface area (Å²) in [5.41, 5.74) is 1.05. The number of phenols is 1. The van der Waals surface area contributed by atoms with E-state index in [4.69, 9.17) is 4.74 Å². The lowest BCUT2D eigenvalue weighted by atomic mass is 10.0. The van der Waals surface area contributed by atoms with E-state index in [1.165, 1.54) is 13.2 Å². The van der Waals surface area contributed by atoms with Gasteiger partial charge in [-0.05, 0) is 25.5 Å². The standard InChI is InChI=1S/C13H17NO4/c1-17-12-7-11(15)9(13(16)18-2)6-8(12)10-4-3-5-14-10/h6-7,10,14-15H,3-5H2,1-2H3. The molecule has 0 aliphatic carbocycles. The highest BCUT2D eigenvalue weighted by Crippen LogP contribution is 2.35. The first-order valence-electron chi connectivity index (χ1n) is 5.90. The molecule has 1 aliphatic rings. The van der Waals surface area contributed by atoms with E-state index >= 15 is 0 Å². The van der Waals surface area contributed by atoms with Crippen molar-refractivity contribution in [1.29, 1.82) is 0 Å². The lowest BCUT2D eigenvalue weighted by molar-refractivity contribution is 0.0597. The number of esters is 1. The van der Waals surface area contributed by atoms with Crippen molar-refractivity contribution in [1.82, 2.24) is 5.32 Å². The SMILES string of the molecule is COC(=O)c1cc(C2CCCN2)c(OC)cc1O. The third-order valence-corrected chi connectivity index (χ3v) is 3.19. The summed E-state index contributed by atoms with van der Waals surface area (Å²) in [5, 5.41) is 13.1. The van der Waals surface area contributed by atoms with E-state index in [9.17, 15) is 9.90 Å². The van der Waals surface area contributed by atoms with Crippen LogP contribution in [0.15, 0.2) is 12.1 Å². The molecule has 1 aromatic rings. The fourth-order valence-electron chi connectivity index (χ4n) is 2.26. The molecule has 1 unspecified atom stereocenters. The molecule has 0 spiro atoms. The molecule has 5 nitrogen and oxygen atoms in total. The first-order valence-corrected chi connectivity index (χ1v) is 5.90. The van der Waals surface area contributed by atoms with Gasteiger partial charge in [-0.15, -0.1) is 0 Å². The molecule has 5 heteroatoms. The number of rotatable bonds is 3. The molecule has 1 saturated heterocycles. The van der Waals surface area contributed by atoms with Gasteiger partial charge in [0, 0.05) is 17.7 Å². The molecule has 1 aromatic carbocycles. The van der Waals surface area contributed by atoms with E-state index in [0.29, 0.717) is 5.75 Å². The number of benzene rings is 1. The number of phenolic OH excluding ortho intramolecular Hbond substituents is 1. The second kappa shape index (κ2) is 5.27. The molecular weight excluding hydrogens is 234 g/mol. The third-order valence-electron chi connectivity index (χ3n) is 3.19. The molecule has 1 aliphatic heterocycles. The number of hydrogen-bond donors (Lipinski definition) is 2. The fourth-order valence-corrected chi connectivity index (χ4v) is 2.26. The summed E-state index contributed by atoms with van der Waals surface area (Å²) in [4.78, 5) is 11.6. The van der Waals surface area contributed by atoms with Crippen LogP contribution in [0, 0.1) is 0 Å². The van der Waals surface area contributed by atoms with E-state index in [1.54, 1.807) is 13.2 Å². The normalized spacial score (nSPS) is 18.7.